The molecule has 0 aromatic heterocycles. The third-order valence-electron chi connectivity index (χ3n) is 5.94. The van der Waals surface area contributed by atoms with Crippen LogP contribution in [0.1, 0.15) is 17.5 Å². The number of nitrogens with zero attached hydrogens (tertiary/aromatic N) is 1. The Labute approximate surface area is 196 Å². The minimum atomic E-state index is -3.83. The van der Waals surface area contributed by atoms with Crippen molar-refractivity contribution in [2.24, 2.45) is 0 Å². The highest BCUT2D eigenvalue weighted by atomic mass is 32.2. The van der Waals surface area contributed by atoms with Crippen molar-refractivity contribution in [2.75, 3.05) is 19.3 Å². The van der Waals surface area contributed by atoms with E-state index in [1.165, 1.54) is 29.3 Å². The summed E-state index contributed by atoms with van der Waals surface area (Å²) in [4.78, 5) is 2.24. The van der Waals surface area contributed by atoms with Crippen LogP contribution in [0.2, 0.25) is 0 Å². The fourth-order valence-corrected chi connectivity index (χ4v) is 6.40. The first kappa shape index (κ1) is 23.6. The van der Waals surface area contributed by atoms with Gasteiger partial charge in [-0.15, -0.1) is 0 Å². The molecule has 1 heterocycles. The molecular weight excluding hydrogens is 456 g/mol. The number of likely N-dealkylation sites (tertiary alicyclic amines) is 1. The lowest BCUT2D eigenvalue weighted by Crippen LogP contribution is -2.37. The predicted molar refractivity (Wildman–Crippen MR) is 130 cm³/mol. The van der Waals surface area contributed by atoms with E-state index < -0.39 is 19.9 Å². The van der Waals surface area contributed by atoms with Gasteiger partial charge in [0.15, 0.2) is 9.84 Å². The predicted octanol–water partition coefficient (Wildman–Crippen LogP) is 3.62. The van der Waals surface area contributed by atoms with Gasteiger partial charge in [0.05, 0.1) is 9.79 Å². The van der Waals surface area contributed by atoms with Gasteiger partial charge in [-0.25, -0.2) is 21.6 Å². The third-order valence-corrected chi connectivity index (χ3v) is 8.71. The Morgan fingerprint density at radius 1 is 0.909 bits per heavy atom. The average molecular weight is 485 g/mol. The van der Waals surface area contributed by atoms with Gasteiger partial charge in [-0.1, -0.05) is 60.7 Å². The van der Waals surface area contributed by atoms with Gasteiger partial charge in [-0.3, -0.25) is 4.90 Å². The lowest BCUT2D eigenvalue weighted by molar-refractivity contribution is 0.324. The van der Waals surface area contributed by atoms with Gasteiger partial charge in [-0.2, -0.15) is 0 Å². The van der Waals surface area contributed by atoms with Crippen LogP contribution < -0.4 is 4.72 Å². The molecule has 8 heteroatoms. The maximum atomic E-state index is 13.0. The van der Waals surface area contributed by atoms with E-state index >= 15 is 0 Å². The van der Waals surface area contributed by atoms with Crippen LogP contribution in [0.5, 0.6) is 0 Å². The second-order valence-electron chi connectivity index (χ2n) is 8.60. The summed E-state index contributed by atoms with van der Waals surface area (Å²) in [5, 5.41) is 0. The molecule has 0 amide bonds. The van der Waals surface area contributed by atoms with Crippen molar-refractivity contribution in [2.45, 2.75) is 35.7 Å². The van der Waals surface area contributed by atoms with E-state index in [1.54, 1.807) is 6.92 Å². The SMILES string of the molecule is Cc1ccc(S(C)(=O)=O)cc1S(=O)(=O)N[C@@H]1CCN(Cc2ccc(-c3ccccc3)cc2)C1. The van der Waals surface area contributed by atoms with Crippen molar-refractivity contribution in [3.8, 4) is 11.1 Å². The molecule has 0 aliphatic carbocycles. The Kier molecular flexibility index (Phi) is 6.72. The number of sulfone groups is 1. The third kappa shape index (κ3) is 5.70. The highest BCUT2D eigenvalue weighted by Gasteiger charge is 2.28. The molecule has 1 atom stereocenters. The summed E-state index contributed by atoms with van der Waals surface area (Å²) in [5.41, 5.74) is 4.03. The van der Waals surface area contributed by atoms with Crippen molar-refractivity contribution in [1.29, 1.82) is 0 Å². The van der Waals surface area contributed by atoms with Gasteiger partial charge in [0.2, 0.25) is 10.0 Å². The van der Waals surface area contributed by atoms with Gasteiger partial charge >= 0.3 is 0 Å². The summed E-state index contributed by atoms with van der Waals surface area (Å²) in [6, 6.07) is 22.6. The Morgan fingerprint density at radius 3 is 2.24 bits per heavy atom. The Hall–Kier alpha value is -2.52. The number of sulfonamides is 1. The topological polar surface area (TPSA) is 83.5 Å². The van der Waals surface area contributed by atoms with E-state index in [2.05, 4.69) is 46.0 Å². The number of aryl methyl sites for hydroxylation is 1. The van der Waals surface area contributed by atoms with Gasteiger partial charge in [-0.05, 0) is 47.7 Å². The van der Waals surface area contributed by atoms with Crippen molar-refractivity contribution in [3.63, 3.8) is 0 Å². The Bertz CT molecular complexity index is 1340. The van der Waals surface area contributed by atoms with Crippen LogP contribution in [-0.2, 0) is 26.4 Å². The van der Waals surface area contributed by atoms with Crippen LogP contribution in [-0.4, -0.2) is 47.1 Å². The number of benzene rings is 3. The zero-order chi connectivity index (χ0) is 23.6. The molecule has 0 unspecified atom stereocenters. The Morgan fingerprint density at radius 2 is 1.58 bits per heavy atom. The number of hydrogen-bond acceptors (Lipinski definition) is 5. The highest BCUT2D eigenvalue weighted by molar-refractivity contribution is 7.91. The first-order chi connectivity index (χ1) is 15.6. The molecule has 0 bridgehead atoms. The molecule has 174 valence electrons. The lowest BCUT2D eigenvalue weighted by Gasteiger charge is -2.18. The molecule has 0 spiro atoms. The molecule has 4 rings (SSSR count). The molecule has 1 aliphatic heterocycles. The normalized spacial score (nSPS) is 17.3. The summed E-state index contributed by atoms with van der Waals surface area (Å²) < 4.78 is 52.5. The van der Waals surface area contributed by atoms with E-state index in [9.17, 15) is 16.8 Å². The largest absolute Gasteiger partial charge is 0.297 e. The molecule has 33 heavy (non-hydrogen) atoms. The smallest absolute Gasteiger partial charge is 0.241 e. The average Bonchev–Trinajstić information content (AvgIpc) is 3.20. The summed E-state index contributed by atoms with van der Waals surface area (Å²) in [6.07, 6.45) is 1.77. The van der Waals surface area contributed by atoms with Crippen LogP contribution in [0.3, 0.4) is 0 Å². The van der Waals surface area contributed by atoms with E-state index in [-0.39, 0.29) is 15.8 Å². The molecule has 6 nitrogen and oxygen atoms in total. The van der Waals surface area contributed by atoms with E-state index in [1.807, 2.05) is 18.2 Å². The summed E-state index contributed by atoms with van der Waals surface area (Å²) >= 11 is 0. The van der Waals surface area contributed by atoms with Gasteiger partial charge in [0.1, 0.15) is 0 Å². The summed E-state index contributed by atoms with van der Waals surface area (Å²) in [5.74, 6) is 0. The minimum absolute atomic E-state index is 0.000438. The quantitative estimate of drug-likeness (QED) is 0.554. The molecule has 1 N–H and O–H groups in total. The molecule has 0 saturated carbocycles. The monoisotopic (exact) mass is 484 g/mol. The molecule has 0 radical (unpaired) electrons. The van der Waals surface area contributed by atoms with Crippen LogP contribution in [0.4, 0.5) is 0 Å². The van der Waals surface area contributed by atoms with E-state index in [0.29, 0.717) is 18.5 Å². The van der Waals surface area contributed by atoms with Crippen LogP contribution >= 0.6 is 0 Å². The number of nitrogens with one attached hydrogen (secondary N) is 1. The molecular formula is C25H28N2O4S2. The highest BCUT2D eigenvalue weighted by Crippen LogP contribution is 2.23. The second kappa shape index (κ2) is 9.38. The summed E-state index contributed by atoms with van der Waals surface area (Å²) in [6.45, 7) is 3.80. The zero-order valence-corrected chi connectivity index (χ0v) is 20.4. The van der Waals surface area contributed by atoms with Crippen LogP contribution in [0, 0.1) is 6.92 Å². The first-order valence-electron chi connectivity index (χ1n) is 10.8. The standard InChI is InChI=1S/C25H28N2O4S2/c1-19-8-13-24(32(2,28)29)16-25(19)33(30,31)26-23-14-15-27(18-23)17-20-9-11-22(12-10-20)21-6-4-3-5-7-21/h3-13,16,23,26H,14-15,17-18H2,1-2H3/t23-/m1/s1. The van der Waals surface area contributed by atoms with E-state index in [4.69, 9.17) is 0 Å². The fraction of sp³-hybridized carbons (Fsp3) is 0.280. The van der Waals surface area contributed by atoms with Crippen molar-refractivity contribution in [3.05, 3.63) is 83.9 Å². The maximum Gasteiger partial charge on any atom is 0.241 e. The molecule has 1 aliphatic rings. The first-order valence-corrected chi connectivity index (χ1v) is 14.2. The maximum absolute atomic E-state index is 13.0. The molecule has 1 fully saturated rings. The van der Waals surface area contributed by atoms with Crippen LogP contribution in [0.15, 0.2) is 82.6 Å². The molecule has 1 saturated heterocycles. The fourth-order valence-electron chi connectivity index (χ4n) is 4.15. The van der Waals surface area contributed by atoms with Crippen molar-refractivity contribution >= 4 is 19.9 Å². The van der Waals surface area contributed by atoms with Crippen molar-refractivity contribution < 1.29 is 16.8 Å². The second-order valence-corrected chi connectivity index (χ2v) is 12.3. The molecule has 3 aromatic rings. The van der Waals surface area contributed by atoms with Crippen LogP contribution in [0.25, 0.3) is 11.1 Å². The van der Waals surface area contributed by atoms with Gasteiger partial charge < -0.3 is 0 Å². The van der Waals surface area contributed by atoms with Crippen molar-refractivity contribution in [1.82, 2.24) is 9.62 Å². The molecule has 3 aromatic carbocycles. The lowest BCUT2D eigenvalue weighted by atomic mass is 10.0. The number of hydrogen-bond donors (Lipinski definition) is 1. The van der Waals surface area contributed by atoms with Gasteiger partial charge in [0.25, 0.3) is 0 Å². The number of rotatable bonds is 7. The minimum Gasteiger partial charge on any atom is -0.297 e. The summed E-state index contributed by atoms with van der Waals surface area (Å²) in [7, 11) is -7.33. The van der Waals surface area contributed by atoms with Gasteiger partial charge in [0, 0.05) is 31.9 Å². The van der Waals surface area contributed by atoms with E-state index in [0.717, 1.165) is 24.9 Å². The zero-order valence-electron chi connectivity index (χ0n) is 18.7. The Balaban J connectivity index is 1.40.